The van der Waals surface area contributed by atoms with Crippen LogP contribution in [0.3, 0.4) is 0 Å². The van der Waals surface area contributed by atoms with Crippen molar-refractivity contribution in [1.29, 1.82) is 0 Å². The van der Waals surface area contributed by atoms with E-state index in [-0.39, 0.29) is 24.2 Å². The topological polar surface area (TPSA) is 66.0 Å². The molecule has 1 saturated carbocycles. The molecule has 0 aromatic heterocycles. The molecule has 1 aliphatic heterocycles. The van der Waals surface area contributed by atoms with Crippen molar-refractivity contribution < 1.29 is 23.7 Å². The van der Waals surface area contributed by atoms with Crippen LogP contribution in [-0.4, -0.2) is 51.6 Å². The lowest BCUT2D eigenvalue weighted by Gasteiger charge is -2.19. The first kappa shape index (κ1) is 15.1. The van der Waals surface area contributed by atoms with E-state index in [0.29, 0.717) is 30.3 Å². The first-order valence-electron chi connectivity index (χ1n) is 7.47. The molecule has 0 bridgehead atoms. The van der Waals surface area contributed by atoms with Gasteiger partial charge in [0.1, 0.15) is 13.2 Å². The number of rotatable bonds is 4. The minimum Gasteiger partial charge on any atom is -0.486 e. The van der Waals surface area contributed by atoms with E-state index in [2.05, 4.69) is 5.32 Å². The van der Waals surface area contributed by atoms with E-state index in [4.69, 9.17) is 18.9 Å². The third-order valence-electron chi connectivity index (χ3n) is 4.19. The second-order valence-corrected chi connectivity index (χ2v) is 5.55. The maximum Gasteiger partial charge on any atom is 0.251 e. The monoisotopic (exact) mass is 307 g/mol. The van der Waals surface area contributed by atoms with Gasteiger partial charge in [0.2, 0.25) is 0 Å². The molecule has 120 valence electrons. The van der Waals surface area contributed by atoms with Crippen molar-refractivity contribution in [1.82, 2.24) is 5.32 Å². The molecule has 1 heterocycles. The predicted octanol–water partition coefficient (Wildman–Crippen LogP) is 1.38. The van der Waals surface area contributed by atoms with Crippen molar-refractivity contribution in [2.24, 2.45) is 0 Å². The van der Waals surface area contributed by atoms with Crippen LogP contribution in [0.1, 0.15) is 23.2 Å². The van der Waals surface area contributed by atoms with Gasteiger partial charge in [-0.05, 0) is 31.0 Å². The number of carbonyl (C=O) groups excluding carboxylic acids is 1. The third-order valence-corrected chi connectivity index (χ3v) is 4.19. The van der Waals surface area contributed by atoms with Gasteiger partial charge >= 0.3 is 0 Å². The summed E-state index contributed by atoms with van der Waals surface area (Å²) >= 11 is 0. The lowest BCUT2D eigenvalue weighted by Crippen LogP contribution is -2.33. The number of carbonyl (C=O) groups is 1. The van der Waals surface area contributed by atoms with Crippen molar-refractivity contribution in [3.8, 4) is 11.5 Å². The van der Waals surface area contributed by atoms with Crippen LogP contribution in [0, 0.1) is 0 Å². The van der Waals surface area contributed by atoms with Gasteiger partial charge in [-0.15, -0.1) is 0 Å². The van der Waals surface area contributed by atoms with Gasteiger partial charge in [-0.1, -0.05) is 0 Å². The number of fused-ring (bicyclic) bond motifs is 1. The number of amides is 1. The van der Waals surface area contributed by atoms with Gasteiger partial charge in [0.25, 0.3) is 5.91 Å². The van der Waals surface area contributed by atoms with Gasteiger partial charge in [0, 0.05) is 25.8 Å². The van der Waals surface area contributed by atoms with E-state index in [0.717, 1.165) is 12.8 Å². The summed E-state index contributed by atoms with van der Waals surface area (Å²) in [5.74, 6) is 1.19. The lowest BCUT2D eigenvalue weighted by atomic mass is 10.1. The Morgan fingerprint density at radius 2 is 1.73 bits per heavy atom. The van der Waals surface area contributed by atoms with Crippen molar-refractivity contribution in [3.05, 3.63) is 23.8 Å². The van der Waals surface area contributed by atoms with Crippen LogP contribution in [0.5, 0.6) is 11.5 Å². The quantitative estimate of drug-likeness (QED) is 0.910. The van der Waals surface area contributed by atoms with E-state index in [9.17, 15) is 4.79 Å². The summed E-state index contributed by atoms with van der Waals surface area (Å²) in [6.45, 7) is 1.04. The zero-order chi connectivity index (χ0) is 15.5. The fourth-order valence-corrected chi connectivity index (χ4v) is 3.03. The second-order valence-electron chi connectivity index (χ2n) is 5.55. The standard InChI is InChI=1S/C16H21NO5/c1-19-13-8-11(9-14(13)20-2)17-16(18)10-3-4-12-15(7-10)22-6-5-21-12/h3-4,7,11,13-14H,5-6,8-9H2,1-2H3,(H,17,18)/t11?,13-,14+. The Hall–Kier alpha value is -1.79. The molecule has 1 unspecified atom stereocenters. The van der Waals surface area contributed by atoms with Gasteiger partial charge in [-0.3, -0.25) is 4.79 Å². The maximum atomic E-state index is 12.4. The number of benzene rings is 1. The Morgan fingerprint density at radius 3 is 2.36 bits per heavy atom. The van der Waals surface area contributed by atoms with Crippen LogP contribution in [0.4, 0.5) is 0 Å². The van der Waals surface area contributed by atoms with E-state index in [1.807, 2.05) is 0 Å². The Balaban J connectivity index is 1.65. The molecule has 2 aliphatic rings. The maximum absolute atomic E-state index is 12.4. The first-order chi connectivity index (χ1) is 10.7. The molecular formula is C16H21NO5. The van der Waals surface area contributed by atoms with Gasteiger partial charge in [-0.25, -0.2) is 0 Å². The fraction of sp³-hybridized carbons (Fsp3) is 0.562. The predicted molar refractivity (Wildman–Crippen MR) is 79.5 cm³/mol. The average Bonchev–Trinajstić information content (AvgIpc) is 2.96. The molecule has 1 N–H and O–H groups in total. The van der Waals surface area contributed by atoms with E-state index < -0.39 is 0 Å². The van der Waals surface area contributed by atoms with Crippen LogP contribution in [0.25, 0.3) is 0 Å². The fourth-order valence-electron chi connectivity index (χ4n) is 3.03. The molecule has 1 amide bonds. The first-order valence-corrected chi connectivity index (χ1v) is 7.47. The molecule has 3 rings (SSSR count). The van der Waals surface area contributed by atoms with Crippen molar-refractivity contribution in [2.45, 2.75) is 31.1 Å². The minimum absolute atomic E-state index is 0.0237. The van der Waals surface area contributed by atoms with Crippen molar-refractivity contribution in [3.63, 3.8) is 0 Å². The zero-order valence-electron chi connectivity index (χ0n) is 12.8. The number of nitrogens with one attached hydrogen (secondary N) is 1. The van der Waals surface area contributed by atoms with Crippen LogP contribution >= 0.6 is 0 Å². The molecule has 1 aromatic rings. The number of hydrogen-bond donors (Lipinski definition) is 1. The van der Waals surface area contributed by atoms with Gasteiger partial charge < -0.3 is 24.3 Å². The van der Waals surface area contributed by atoms with Gasteiger partial charge in [0.05, 0.1) is 12.2 Å². The molecule has 6 heteroatoms. The molecule has 0 saturated heterocycles. The molecule has 6 nitrogen and oxygen atoms in total. The molecule has 3 atom stereocenters. The van der Waals surface area contributed by atoms with Crippen LogP contribution in [0.15, 0.2) is 18.2 Å². The van der Waals surface area contributed by atoms with Crippen molar-refractivity contribution in [2.75, 3.05) is 27.4 Å². The summed E-state index contributed by atoms with van der Waals surface area (Å²) in [5.41, 5.74) is 0.569. The largest absolute Gasteiger partial charge is 0.486 e. The van der Waals surface area contributed by atoms with Crippen LogP contribution < -0.4 is 14.8 Å². The molecule has 1 fully saturated rings. The van der Waals surface area contributed by atoms with Crippen LogP contribution in [0.2, 0.25) is 0 Å². The molecule has 0 radical (unpaired) electrons. The van der Waals surface area contributed by atoms with Crippen molar-refractivity contribution >= 4 is 5.91 Å². The van der Waals surface area contributed by atoms with Crippen LogP contribution in [-0.2, 0) is 9.47 Å². The summed E-state index contributed by atoms with van der Waals surface area (Å²) in [4.78, 5) is 12.4. The lowest BCUT2D eigenvalue weighted by molar-refractivity contribution is -0.0157. The number of hydrogen-bond acceptors (Lipinski definition) is 5. The SMILES string of the molecule is CO[C@H]1CC(NC(=O)c2ccc3c(c2)OCCO3)C[C@H]1OC. The van der Waals surface area contributed by atoms with Gasteiger partial charge in [-0.2, -0.15) is 0 Å². The molecule has 0 spiro atoms. The highest BCUT2D eigenvalue weighted by Gasteiger charge is 2.35. The Kier molecular flexibility index (Phi) is 4.49. The zero-order valence-corrected chi connectivity index (χ0v) is 12.8. The smallest absolute Gasteiger partial charge is 0.251 e. The molecule has 1 aromatic carbocycles. The molecule has 22 heavy (non-hydrogen) atoms. The summed E-state index contributed by atoms with van der Waals surface area (Å²) < 4.78 is 21.8. The summed E-state index contributed by atoms with van der Waals surface area (Å²) in [6.07, 6.45) is 1.56. The third kappa shape index (κ3) is 3.03. The molecule has 1 aliphatic carbocycles. The average molecular weight is 307 g/mol. The van der Waals surface area contributed by atoms with Gasteiger partial charge in [0.15, 0.2) is 11.5 Å². The second kappa shape index (κ2) is 6.54. The highest BCUT2D eigenvalue weighted by atomic mass is 16.6. The van der Waals surface area contributed by atoms with E-state index >= 15 is 0 Å². The summed E-state index contributed by atoms with van der Waals surface area (Å²) in [5, 5.41) is 3.04. The summed E-state index contributed by atoms with van der Waals surface area (Å²) in [6, 6.07) is 5.30. The number of methoxy groups -OCH3 is 2. The highest BCUT2D eigenvalue weighted by Crippen LogP contribution is 2.31. The van der Waals surface area contributed by atoms with E-state index in [1.165, 1.54) is 0 Å². The highest BCUT2D eigenvalue weighted by molar-refractivity contribution is 5.95. The minimum atomic E-state index is -0.117. The van der Waals surface area contributed by atoms with E-state index in [1.54, 1.807) is 32.4 Å². The normalized spacial score (nSPS) is 26.7. The number of ether oxygens (including phenoxy) is 4. The summed E-state index contributed by atoms with van der Waals surface area (Å²) in [7, 11) is 3.34. The Morgan fingerprint density at radius 1 is 1.09 bits per heavy atom. The Labute approximate surface area is 129 Å². The molecular weight excluding hydrogens is 286 g/mol. The Bertz CT molecular complexity index is 535.